The average Bonchev–Trinajstić information content (AvgIpc) is 3.03. The molecule has 0 radical (unpaired) electrons. The minimum atomic E-state index is 1.26. The summed E-state index contributed by atoms with van der Waals surface area (Å²) in [6, 6.07) is 53.8. The molecule has 0 nitrogen and oxygen atoms in total. The fraction of sp³-hybridized carbons (Fsp3) is 0. The summed E-state index contributed by atoms with van der Waals surface area (Å²) in [4.78, 5) is 2.66. The van der Waals surface area contributed by atoms with Crippen LogP contribution in [-0.2, 0) is 0 Å². The van der Waals surface area contributed by atoms with E-state index in [1.54, 1.807) is 0 Å². The Labute approximate surface area is 242 Å². The van der Waals surface area contributed by atoms with Gasteiger partial charge in [-0.15, -0.1) is 0 Å². The first-order chi connectivity index (χ1) is 20.3. The first-order valence-corrected chi connectivity index (χ1v) is 14.9. The zero-order valence-corrected chi connectivity index (χ0v) is 23.1. The maximum atomic E-state index is 2.44. The van der Waals surface area contributed by atoms with Crippen molar-refractivity contribution in [3.05, 3.63) is 146 Å². The van der Waals surface area contributed by atoms with Gasteiger partial charge in [-0.2, -0.15) is 0 Å². The van der Waals surface area contributed by atoms with Crippen LogP contribution in [0.5, 0.6) is 0 Å². The van der Waals surface area contributed by atoms with Gasteiger partial charge in [-0.3, -0.25) is 0 Å². The third-order valence-electron chi connectivity index (χ3n) is 8.59. The lowest BCUT2D eigenvalue weighted by atomic mass is 9.84. The van der Waals surface area contributed by atoms with Gasteiger partial charge in [0.25, 0.3) is 0 Å². The van der Waals surface area contributed by atoms with Crippen molar-refractivity contribution in [2.75, 3.05) is 0 Å². The van der Waals surface area contributed by atoms with Crippen LogP contribution in [0.1, 0.15) is 0 Å². The van der Waals surface area contributed by atoms with E-state index in [2.05, 4.69) is 146 Å². The highest BCUT2D eigenvalue weighted by atomic mass is 32.2. The molecule has 0 amide bonds. The summed E-state index contributed by atoms with van der Waals surface area (Å²) in [7, 11) is 0. The quantitative estimate of drug-likeness (QED) is 0.198. The Hall–Kier alpha value is -4.85. The lowest BCUT2D eigenvalue weighted by Crippen LogP contribution is -1.95. The summed E-state index contributed by atoms with van der Waals surface area (Å²) in [5.41, 5.74) is 7.78. The Morgan fingerprint density at radius 2 is 0.902 bits per heavy atom. The molecule has 9 rings (SSSR count). The SMILES string of the molecule is c1ccc2c(c1)Sc1cccc3cc(-c4c5ccccc5c(-c5ccc6ccccc6c5)c5ccccc45)cc-2c13. The van der Waals surface area contributed by atoms with Crippen LogP contribution in [0.25, 0.3) is 76.5 Å². The van der Waals surface area contributed by atoms with Crippen LogP contribution >= 0.6 is 11.8 Å². The second-order valence-electron chi connectivity index (χ2n) is 10.9. The molecule has 1 aliphatic rings. The van der Waals surface area contributed by atoms with E-state index in [-0.39, 0.29) is 0 Å². The maximum Gasteiger partial charge on any atom is 0.0207 e. The molecule has 190 valence electrons. The van der Waals surface area contributed by atoms with Crippen molar-refractivity contribution < 1.29 is 0 Å². The third-order valence-corrected chi connectivity index (χ3v) is 9.73. The van der Waals surface area contributed by atoms with E-state index in [1.165, 1.54) is 86.3 Å². The Balaban J connectivity index is 1.40. The largest absolute Gasteiger partial charge is 0.0888 e. The molecule has 0 spiro atoms. The highest BCUT2D eigenvalue weighted by Gasteiger charge is 2.22. The molecule has 1 heterocycles. The summed E-state index contributed by atoms with van der Waals surface area (Å²) in [5.74, 6) is 0. The monoisotopic (exact) mass is 536 g/mol. The Kier molecular flexibility index (Phi) is 4.93. The Bertz CT molecular complexity index is 2290. The number of hydrogen-bond acceptors (Lipinski definition) is 1. The van der Waals surface area contributed by atoms with Gasteiger partial charge in [-0.1, -0.05) is 127 Å². The second-order valence-corrected chi connectivity index (χ2v) is 12.0. The Morgan fingerprint density at radius 1 is 0.341 bits per heavy atom. The molecule has 41 heavy (non-hydrogen) atoms. The molecule has 0 saturated carbocycles. The first-order valence-electron chi connectivity index (χ1n) is 14.1. The van der Waals surface area contributed by atoms with Gasteiger partial charge in [0.15, 0.2) is 0 Å². The lowest BCUT2D eigenvalue weighted by molar-refractivity contribution is 1.40. The van der Waals surface area contributed by atoms with E-state index < -0.39 is 0 Å². The molecule has 0 atom stereocenters. The third kappa shape index (κ3) is 3.43. The molecule has 0 bridgehead atoms. The van der Waals surface area contributed by atoms with Gasteiger partial charge >= 0.3 is 0 Å². The van der Waals surface area contributed by atoms with Crippen LogP contribution in [0.3, 0.4) is 0 Å². The van der Waals surface area contributed by atoms with E-state index >= 15 is 0 Å². The van der Waals surface area contributed by atoms with Gasteiger partial charge in [-0.25, -0.2) is 0 Å². The molecule has 0 aromatic heterocycles. The fourth-order valence-corrected chi connectivity index (χ4v) is 7.98. The zero-order chi connectivity index (χ0) is 26.9. The van der Waals surface area contributed by atoms with Crippen LogP contribution < -0.4 is 0 Å². The average molecular weight is 537 g/mol. The normalized spacial score (nSPS) is 12.3. The second kappa shape index (κ2) is 8.83. The first kappa shape index (κ1) is 22.9. The molecule has 0 N–H and O–H groups in total. The van der Waals surface area contributed by atoms with Gasteiger partial charge in [0.05, 0.1) is 0 Å². The van der Waals surface area contributed by atoms with Gasteiger partial charge in [0, 0.05) is 15.2 Å². The van der Waals surface area contributed by atoms with Crippen LogP contribution in [0.4, 0.5) is 0 Å². The highest BCUT2D eigenvalue weighted by molar-refractivity contribution is 7.99. The van der Waals surface area contributed by atoms with Crippen LogP contribution in [0.2, 0.25) is 0 Å². The molecule has 0 unspecified atom stereocenters. The van der Waals surface area contributed by atoms with Crippen molar-refractivity contribution in [1.29, 1.82) is 0 Å². The predicted octanol–water partition coefficient (Wildman–Crippen LogP) is 11.8. The van der Waals surface area contributed by atoms with Crippen LogP contribution in [0.15, 0.2) is 155 Å². The van der Waals surface area contributed by atoms with Crippen LogP contribution in [-0.4, -0.2) is 0 Å². The summed E-state index contributed by atoms with van der Waals surface area (Å²) in [6.45, 7) is 0. The number of benzene rings is 8. The number of rotatable bonds is 2. The van der Waals surface area contributed by atoms with Gasteiger partial charge in [0.1, 0.15) is 0 Å². The summed E-state index contributed by atoms with van der Waals surface area (Å²) < 4.78 is 0. The predicted molar refractivity (Wildman–Crippen MR) is 177 cm³/mol. The molecule has 8 aromatic rings. The van der Waals surface area contributed by atoms with Crippen LogP contribution in [0, 0.1) is 0 Å². The van der Waals surface area contributed by atoms with Crippen molar-refractivity contribution in [2.24, 2.45) is 0 Å². The Morgan fingerprint density at radius 3 is 1.66 bits per heavy atom. The number of fused-ring (bicyclic) bond motifs is 5. The molecular formula is C40H24S. The molecule has 1 aliphatic heterocycles. The van der Waals surface area contributed by atoms with E-state index in [9.17, 15) is 0 Å². The van der Waals surface area contributed by atoms with E-state index in [1.807, 2.05) is 11.8 Å². The van der Waals surface area contributed by atoms with Crippen molar-refractivity contribution in [3.8, 4) is 33.4 Å². The van der Waals surface area contributed by atoms with Crippen molar-refractivity contribution >= 4 is 54.9 Å². The summed E-state index contributed by atoms with van der Waals surface area (Å²) in [5, 5.41) is 10.3. The van der Waals surface area contributed by atoms with Crippen molar-refractivity contribution in [2.45, 2.75) is 9.79 Å². The van der Waals surface area contributed by atoms with E-state index in [0.29, 0.717) is 0 Å². The number of hydrogen-bond donors (Lipinski definition) is 0. The molecular weight excluding hydrogens is 513 g/mol. The van der Waals surface area contributed by atoms with Gasteiger partial charge in [0.2, 0.25) is 0 Å². The summed E-state index contributed by atoms with van der Waals surface area (Å²) >= 11 is 1.88. The van der Waals surface area contributed by atoms with Gasteiger partial charge in [-0.05, 0) is 101 Å². The molecule has 0 saturated heterocycles. The molecule has 8 aromatic carbocycles. The molecule has 0 fully saturated rings. The zero-order valence-electron chi connectivity index (χ0n) is 22.3. The standard InChI is InChI=1S/C40H24S/c1-2-11-26-22-28(21-20-25(26)10-1)38-31-14-3-5-16-33(31)39(34-17-6-4-15-32(34)38)29-23-27-12-9-19-37-40(27)35(24-29)30-13-7-8-18-36(30)41-37/h1-24H. The van der Waals surface area contributed by atoms with E-state index in [0.717, 1.165) is 0 Å². The van der Waals surface area contributed by atoms with Crippen molar-refractivity contribution in [1.82, 2.24) is 0 Å². The minimum Gasteiger partial charge on any atom is -0.0888 e. The molecule has 1 heteroatoms. The topological polar surface area (TPSA) is 0 Å². The lowest BCUT2D eigenvalue weighted by Gasteiger charge is -2.23. The van der Waals surface area contributed by atoms with E-state index in [4.69, 9.17) is 0 Å². The maximum absolute atomic E-state index is 2.44. The highest BCUT2D eigenvalue weighted by Crippen LogP contribution is 2.51. The van der Waals surface area contributed by atoms with Crippen molar-refractivity contribution in [3.63, 3.8) is 0 Å². The van der Waals surface area contributed by atoms with Gasteiger partial charge < -0.3 is 0 Å². The summed E-state index contributed by atoms with van der Waals surface area (Å²) in [6.07, 6.45) is 0. The smallest absolute Gasteiger partial charge is 0.0207 e. The fourth-order valence-electron chi connectivity index (χ4n) is 6.83. The minimum absolute atomic E-state index is 1.26. The molecule has 0 aliphatic carbocycles.